The largest absolute Gasteiger partial charge is 0.379 e. The van der Waals surface area contributed by atoms with Crippen molar-refractivity contribution in [2.45, 2.75) is 38.1 Å². The number of nitrogens with one attached hydrogen (secondary N) is 1. The van der Waals surface area contributed by atoms with Crippen LogP contribution < -0.4 is 15.1 Å². The second-order valence-electron chi connectivity index (χ2n) is 12.1. The van der Waals surface area contributed by atoms with E-state index in [2.05, 4.69) is 45.4 Å². The smallest absolute Gasteiger partial charge is 0.258 e. The number of morpholine rings is 1. The average Bonchev–Trinajstić information content (AvgIpc) is 3.71. The summed E-state index contributed by atoms with van der Waals surface area (Å²) in [5.74, 6) is 0.741. The van der Waals surface area contributed by atoms with Gasteiger partial charge < -0.3 is 19.9 Å². The maximum absolute atomic E-state index is 13.8. The number of carbonyl (C=O) groups is 2. The van der Waals surface area contributed by atoms with E-state index >= 15 is 0 Å². The zero-order valence-corrected chi connectivity index (χ0v) is 23.5. The van der Waals surface area contributed by atoms with Gasteiger partial charge in [0.2, 0.25) is 0 Å². The summed E-state index contributed by atoms with van der Waals surface area (Å²) in [5.41, 5.74) is 5.29. The van der Waals surface area contributed by atoms with Crippen LogP contribution >= 0.6 is 0 Å². The van der Waals surface area contributed by atoms with E-state index in [1.807, 2.05) is 32.2 Å². The van der Waals surface area contributed by atoms with E-state index in [0.717, 1.165) is 103 Å². The molecule has 7 rings (SSSR count). The first kappa shape index (κ1) is 25.5. The maximum Gasteiger partial charge on any atom is 0.258 e. The van der Waals surface area contributed by atoms with E-state index in [-0.39, 0.29) is 11.8 Å². The maximum atomic E-state index is 13.8. The molecule has 0 aromatic heterocycles. The van der Waals surface area contributed by atoms with Crippen molar-refractivity contribution in [2.24, 2.45) is 5.92 Å². The summed E-state index contributed by atoms with van der Waals surface area (Å²) in [4.78, 5) is 33.3. The molecule has 7 nitrogen and oxygen atoms in total. The first-order valence-corrected chi connectivity index (χ1v) is 14.8. The Morgan fingerprint density at radius 3 is 2.55 bits per heavy atom. The molecule has 0 atom stereocenters. The monoisotopic (exact) mass is 538 g/mol. The predicted octanol–water partition coefficient (Wildman–Crippen LogP) is 4.71. The molecule has 2 amide bonds. The van der Waals surface area contributed by atoms with Crippen molar-refractivity contribution < 1.29 is 14.3 Å². The molecule has 0 spiro atoms. The fourth-order valence-electron chi connectivity index (χ4n) is 7.00. The van der Waals surface area contributed by atoms with Crippen molar-refractivity contribution in [3.63, 3.8) is 0 Å². The minimum atomic E-state index is -0.390. The SMILES string of the molecule is Cc1ccc(N2CCC(CN3CCOCC3)CC2)cc1C(=O)NC1(c2ccc3c4c(cccc24)C(=O)N3C)CC1. The molecule has 208 valence electrons. The molecule has 3 fully saturated rings. The third-order valence-electron chi connectivity index (χ3n) is 9.60. The number of rotatable bonds is 6. The van der Waals surface area contributed by atoms with E-state index in [0.29, 0.717) is 0 Å². The van der Waals surface area contributed by atoms with Crippen molar-refractivity contribution in [1.82, 2.24) is 10.2 Å². The van der Waals surface area contributed by atoms with E-state index in [9.17, 15) is 9.59 Å². The Bertz CT molecular complexity index is 1480. The van der Waals surface area contributed by atoms with Gasteiger partial charge in [0, 0.05) is 62.0 Å². The highest BCUT2D eigenvalue weighted by Gasteiger charge is 2.47. The highest BCUT2D eigenvalue weighted by Crippen LogP contribution is 2.50. The minimum Gasteiger partial charge on any atom is -0.379 e. The quantitative estimate of drug-likeness (QED) is 0.493. The molecule has 3 aromatic rings. The van der Waals surface area contributed by atoms with Crippen LogP contribution in [0.15, 0.2) is 48.5 Å². The average molecular weight is 539 g/mol. The first-order valence-electron chi connectivity index (χ1n) is 14.8. The number of hydrogen-bond donors (Lipinski definition) is 1. The fraction of sp³-hybridized carbons (Fsp3) is 0.455. The van der Waals surface area contributed by atoms with Crippen molar-refractivity contribution in [2.75, 3.05) is 62.8 Å². The first-order chi connectivity index (χ1) is 19.4. The number of carbonyl (C=O) groups excluding carboxylic acids is 2. The standard InChI is InChI=1S/C33H38N4O3/c1-22-6-7-24(37-14-10-23(11-15-37)21-36-16-18-40-19-17-36)20-27(22)31(38)34-33(12-13-33)28-8-9-29-30-25(28)4-3-5-26(30)32(39)35(29)2/h3-9,20,23H,10-19,21H2,1-2H3,(H,34,38). The number of piperidine rings is 1. The lowest BCUT2D eigenvalue weighted by Crippen LogP contribution is -2.43. The molecule has 1 saturated carbocycles. The molecule has 3 aromatic carbocycles. The zero-order valence-electron chi connectivity index (χ0n) is 23.5. The number of anilines is 2. The van der Waals surface area contributed by atoms with Crippen LogP contribution in [-0.4, -0.2) is 69.7 Å². The van der Waals surface area contributed by atoms with Crippen LogP contribution in [0.4, 0.5) is 11.4 Å². The summed E-state index contributed by atoms with van der Waals surface area (Å²) in [6, 6.07) is 16.4. The molecule has 7 heteroatoms. The Kier molecular flexibility index (Phi) is 6.32. The zero-order chi connectivity index (χ0) is 27.4. The number of nitrogens with zero attached hydrogens (tertiary/aromatic N) is 3. The van der Waals surface area contributed by atoms with Gasteiger partial charge >= 0.3 is 0 Å². The van der Waals surface area contributed by atoms with Crippen LogP contribution in [0.2, 0.25) is 0 Å². The van der Waals surface area contributed by atoms with Crippen molar-refractivity contribution in [1.29, 1.82) is 0 Å². The summed E-state index contributed by atoms with van der Waals surface area (Å²) in [7, 11) is 1.83. The second kappa shape index (κ2) is 9.89. The van der Waals surface area contributed by atoms with Crippen LogP contribution in [0, 0.1) is 12.8 Å². The molecule has 3 heterocycles. The molecule has 1 aliphatic carbocycles. The molecule has 2 saturated heterocycles. The molecule has 3 aliphatic heterocycles. The Balaban J connectivity index is 1.08. The highest BCUT2D eigenvalue weighted by atomic mass is 16.5. The third-order valence-corrected chi connectivity index (χ3v) is 9.60. The van der Waals surface area contributed by atoms with Gasteiger partial charge in [-0.3, -0.25) is 14.5 Å². The topological polar surface area (TPSA) is 65.1 Å². The van der Waals surface area contributed by atoms with Gasteiger partial charge in [-0.05, 0) is 79.3 Å². The van der Waals surface area contributed by atoms with Gasteiger partial charge in [-0.2, -0.15) is 0 Å². The third kappa shape index (κ3) is 4.36. The Morgan fingerprint density at radius 1 is 1.02 bits per heavy atom. The van der Waals surface area contributed by atoms with Crippen molar-refractivity contribution in [3.05, 3.63) is 70.8 Å². The summed E-state index contributed by atoms with van der Waals surface area (Å²) in [5, 5.41) is 5.49. The molecular formula is C33H38N4O3. The number of ether oxygens (including phenoxy) is 1. The number of aryl methyl sites for hydroxylation is 1. The molecule has 1 N–H and O–H groups in total. The molecular weight excluding hydrogens is 500 g/mol. The molecule has 0 bridgehead atoms. The van der Waals surface area contributed by atoms with Crippen molar-refractivity contribution in [3.8, 4) is 0 Å². The summed E-state index contributed by atoms with van der Waals surface area (Å²) < 4.78 is 5.50. The Morgan fingerprint density at radius 2 is 1.80 bits per heavy atom. The lowest BCUT2D eigenvalue weighted by molar-refractivity contribution is 0.0289. The predicted molar refractivity (Wildman–Crippen MR) is 158 cm³/mol. The van der Waals surface area contributed by atoms with E-state index < -0.39 is 5.54 Å². The number of benzene rings is 3. The van der Waals surface area contributed by atoms with E-state index in [1.165, 1.54) is 19.4 Å². The van der Waals surface area contributed by atoms with Crippen LogP contribution in [-0.2, 0) is 10.3 Å². The lowest BCUT2D eigenvalue weighted by atomic mass is 9.93. The van der Waals surface area contributed by atoms with E-state index in [4.69, 9.17) is 4.74 Å². The highest BCUT2D eigenvalue weighted by molar-refractivity contribution is 6.25. The second-order valence-corrected chi connectivity index (χ2v) is 12.1. The number of amides is 2. The van der Waals surface area contributed by atoms with Crippen molar-refractivity contribution >= 4 is 34.0 Å². The normalized spacial score (nSPS) is 20.8. The van der Waals surface area contributed by atoms with Crippen LogP contribution in [0.25, 0.3) is 10.8 Å². The Labute approximate surface area is 236 Å². The van der Waals surface area contributed by atoms with Gasteiger partial charge in [-0.1, -0.05) is 24.3 Å². The van der Waals surface area contributed by atoms with Crippen LogP contribution in [0.3, 0.4) is 0 Å². The lowest BCUT2D eigenvalue weighted by Gasteiger charge is -2.37. The van der Waals surface area contributed by atoms with Gasteiger partial charge in [0.1, 0.15) is 0 Å². The fourth-order valence-corrected chi connectivity index (χ4v) is 7.00. The molecule has 0 unspecified atom stereocenters. The van der Waals surface area contributed by atoms with Gasteiger partial charge in [0.25, 0.3) is 11.8 Å². The van der Waals surface area contributed by atoms with Gasteiger partial charge in [-0.15, -0.1) is 0 Å². The number of hydrogen-bond acceptors (Lipinski definition) is 5. The molecule has 4 aliphatic rings. The van der Waals surface area contributed by atoms with Gasteiger partial charge in [0.15, 0.2) is 0 Å². The summed E-state index contributed by atoms with van der Waals surface area (Å²) in [6.07, 6.45) is 4.16. The minimum absolute atomic E-state index is 0.0181. The van der Waals surface area contributed by atoms with Gasteiger partial charge in [-0.25, -0.2) is 0 Å². The van der Waals surface area contributed by atoms with Crippen LogP contribution in [0.1, 0.15) is 57.5 Å². The molecule has 40 heavy (non-hydrogen) atoms. The summed E-state index contributed by atoms with van der Waals surface area (Å²) >= 11 is 0. The van der Waals surface area contributed by atoms with Crippen LogP contribution in [0.5, 0.6) is 0 Å². The molecule has 0 radical (unpaired) electrons. The Hall–Kier alpha value is -3.42. The van der Waals surface area contributed by atoms with Gasteiger partial charge in [0.05, 0.1) is 24.4 Å². The van der Waals surface area contributed by atoms with E-state index in [1.54, 1.807) is 4.90 Å². The summed E-state index contributed by atoms with van der Waals surface area (Å²) in [6.45, 7) is 9.05.